The van der Waals surface area contributed by atoms with Crippen LogP contribution in [-0.4, -0.2) is 74.2 Å². The fourth-order valence-corrected chi connectivity index (χ4v) is 3.52. The van der Waals surface area contributed by atoms with Gasteiger partial charge in [-0.15, -0.1) is 0 Å². The molecule has 1 aliphatic carbocycles. The van der Waals surface area contributed by atoms with Gasteiger partial charge in [0.1, 0.15) is 0 Å². The molecule has 0 radical (unpaired) electrons. The Kier molecular flexibility index (Phi) is 7.12. The van der Waals surface area contributed by atoms with E-state index >= 15 is 0 Å². The van der Waals surface area contributed by atoms with E-state index in [0.29, 0.717) is 6.04 Å². The van der Waals surface area contributed by atoms with Gasteiger partial charge in [0, 0.05) is 25.7 Å². The second-order valence-electron chi connectivity index (χ2n) is 7.12. The average Bonchev–Trinajstić information content (AvgIpc) is 2.74. The maximum absolute atomic E-state index is 12.5. The van der Waals surface area contributed by atoms with Crippen LogP contribution < -0.4 is 5.32 Å². The van der Waals surface area contributed by atoms with Crippen LogP contribution in [0, 0.1) is 0 Å². The van der Waals surface area contributed by atoms with E-state index in [2.05, 4.69) is 29.2 Å². The molecule has 22 heavy (non-hydrogen) atoms. The summed E-state index contributed by atoms with van der Waals surface area (Å²) in [5.74, 6) is 0.192. The molecule has 2 aliphatic rings. The van der Waals surface area contributed by atoms with E-state index in [0.717, 1.165) is 39.1 Å². The quantitative estimate of drug-likeness (QED) is 0.781. The molecular weight excluding hydrogens is 278 g/mol. The molecule has 2 atom stereocenters. The first-order valence-electron chi connectivity index (χ1n) is 8.87. The van der Waals surface area contributed by atoms with E-state index in [1.54, 1.807) is 0 Å². The largest absolute Gasteiger partial charge is 0.374 e. The first kappa shape index (κ1) is 17.7. The second-order valence-corrected chi connectivity index (χ2v) is 7.12. The van der Waals surface area contributed by atoms with E-state index in [4.69, 9.17) is 4.74 Å². The lowest BCUT2D eigenvalue weighted by molar-refractivity contribution is -0.130. The van der Waals surface area contributed by atoms with E-state index in [1.807, 2.05) is 6.92 Å². The molecule has 0 spiro atoms. The van der Waals surface area contributed by atoms with Crippen LogP contribution in [0.1, 0.15) is 45.4 Å². The summed E-state index contributed by atoms with van der Waals surface area (Å²) in [6.07, 6.45) is 7.63. The Bertz CT molecular complexity index is 341. The van der Waals surface area contributed by atoms with Crippen LogP contribution in [0.2, 0.25) is 0 Å². The van der Waals surface area contributed by atoms with Crippen molar-refractivity contribution in [1.29, 1.82) is 0 Å². The predicted octanol–water partition coefficient (Wildman–Crippen LogP) is 1.48. The van der Waals surface area contributed by atoms with E-state index in [1.165, 1.54) is 25.7 Å². The van der Waals surface area contributed by atoms with Gasteiger partial charge in [-0.3, -0.25) is 9.69 Å². The van der Waals surface area contributed by atoms with Gasteiger partial charge in [0.05, 0.1) is 18.8 Å². The Balaban J connectivity index is 1.81. The standard InChI is InChI=1S/C17H33N3O2/c1-14(17(21)18-15-8-6-4-5-7-9-15)20-10-11-22-16(13-20)12-19(2)3/h14-16H,4-13H2,1-3H3,(H,18,21)/t14-,16+/m1/s1. The third-order valence-corrected chi connectivity index (χ3v) is 4.87. The van der Waals surface area contributed by atoms with Crippen LogP contribution in [0.15, 0.2) is 0 Å². The van der Waals surface area contributed by atoms with Gasteiger partial charge in [-0.25, -0.2) is 0 Å². The molecule has 1 amide bonds. The van der Waals surface area contributed by atoms with Gasteiger partial charge in [-0.2, -0.15) is 0 Å². The Morgan fingerprint density at radius 1 is 1.27 bits per heavy atom. The molecule has 1 N–H and O–H groups in total. The maximum atomic E-state index is 12.5. The van der Waals surface area contributed by atoms with Crippen LogP contribution in [0.3, 0.4) is 0 Å². The normalized spacial score (nSPS) is 26.6. The number of nitrogens with zero attached hydrogens (tertiary/aromatic N) is 2. The molecule has 1 aliphatic heterocycles. The minimum atomic E-state index is -0.0585. The number of amides is 1. The fraction of sp³-hybridized carbons (Fsp3) is 0.941. The number of rotatable bonds is 5. The molecule has 1 heterocycles. The highest BCUT2D eigenvalue weighted by Crippen LogP contribution is 2.18. The molecule has 5 heteroatoms. The van der Waals surface area contributed by atoms with Crippen LogP contribution >= 0.6 is 0 Å². The Morgan fingerprint density at radius 3 is 2.59 bits per heavy atom. The third kappa shape index (κ3) is 5.52. The summed E-state index contributed by atoms with van der Waals surface area (Å²) in [6, 6.07) is 0.327. The van der Waals surface area contributed by atoms with Crippen molar-refractivity contribution in [3.63, 3.8) is 0 Å². The monoisotopic (exact) mass is 311 g/mol. The van der Waals surface area contributed by atoms with E-state index < -0.39 is 0 Å². The van der Waals surface area contributed by atoms with Gasteiger partial charge in [0.2, 0.25) is 5.91 Å². The number of hydrogen-bond donors (Lipinski definition) is 1. The Labute approximate surface area is 135 Å². The lowest BCUT2D eigenvalue weighted by atomic mass is 10.1. The summed E-state index contributed by atoms with van der Waals surface area (Å²) >= 11 is 0. The predicted molar refractivity (Wildman–Crippen MR) is 89.0 cm³/mol. The lowest BCUT2D eigenvalue weighted by Gasteiger charge is -2.37. The topological polar surface area (TPSA) is 44.8 Å². The molecule has 1 saturated carbocycles. The van der Waals surface area contributed by atoms with Crippen LogP contribution in [0.4, 0.5) is 0 Å². The molecule has 5 nitrogen and oxygen atoms in total. The minimum absolute atomic E-state index is 0.0585. The number of nitrogens with one attached hydrogen (secondary N) is 1. The van der Waals surface area contributed by atoms with Gasteiger partial charge in [-0.05, 0) is 33.9 Å². The number of ether oxygens (including phenoxy) is 1. The highest BCUT2D eigenvalue weighted by Gasteiger charge is 2.29. The maximum Gasteiger partial charge on any atom is 0.237 e. The average molecular weight is 311 g/mol. The van der Waals surface area contributed by atoms with Crippen molar-refractivity contribution in [2.75, 3.05) is 40.3 Å². The first-order valence-corrected chi connectivity index (χ1v) is 8.87. The first-order chi connectivity index (χ1) is 10.6. The molecule has 128 valence electrons. The van der Waals surface area contributed by atoms with E-state index in [-0.39, 0.29) is 18.1 Å². The highest BCUT2D eigenvalue weighted by atomic mass is 16.5. The van der Waals surface area contributed by atoms with Crippen molar-refractivity contribution in [3.8, 4) is 0 Å². The molecule has 0 aromatic carbocycles. The molecule has 2 fully saturated rings. The number of hydrogen-bond acceptors (Lipinski definition) is 4. The Hall–Kier alpha value is -0.650. The zero-order valence-electron chi connectivity index (χ0n) is 14.5. The summed E-state index contributed by atoms with van der Waals surface area (Å²) in [4.78, 5) is 17.0. The molecule has 0 bridgehead atoms. The van der Waals surface area contributed by atoms with Crippen molar-refractivity contribution in [2.24, 2.45) is 0 Å². The summed E-state index contributed by atoms with van der Waals surface area (Å²) < 4.78 is 5.80. The van der Waals surface area contributed by atoms with Crippen molar-refractivity contribution in [2.45, 2.75) is 63.6 Å². The molecule has 0 unspecified atom stereocenters. The van der Waals surface area contributed by atoms with Crippen LogP contribution in [-0.2, 0) is 9.53 Å². The minimum Gasteiger partial charge on any atom is -0.374 e. The zero-order chi connectivity index (χ0) is 15.9. The molecule has 2 rings (SSSR count). The van der Waals surface area contributed by atoms with Crippen LogP contribution in [0.25, 0.3) is 0 Å². The highest BCUT2D eigenvalue weighted by molar-refractivity contribution is 5.81. The SMILES string of the molecule is C[C@H](C(=O)NC1CCCCCC1)N1CCO[C@@H](CN(C)C)C1. The van der Waals surface area contributed by atoms with Crippen molar-refractivity contribution in [1.82, 2.24) is 15.1 Å². The lowest BCUT2D eigenvalue weighted by Crippen LogP contribution is -2.55. The summed E-state index contributed by atoms with van der Waals surface area (Å²) in [6.45, 7) is 5.36. The van der Waals surface area contributed by atoms with Gasteiger partial charge < -0.3 is 15.0 Å². The van der Waals surface area contributed by atoms with Gasteiger partial charge >= 0.3 is 0 Å². The van der Waals surface area contributed by atoms with Crippen molar-refractivity contribution >= 4 is 5.91 Å². The van der Waals surface area contributed by atoms with Gasteiger partial charge in [-0.1, -0.05) is 25.7 Å². The van der Waals surface area contributed by atoms with E-state index in [9.17, 15) is 4.79 Å². The second kappa shape index (κ2) is 8.85. The number of likely N-dealkylation sites (N-methyl/N-ethyl adjacent to an activating group) is 1. The van der Waals surface area contributed by atoms with Gasteiger partial charge in [0.15, 0.2) is 0 Å². The molecule has 0 aromatic rings. The van der Waals surface area contributed by atoms with Crippen molar-refractivity contribution in [3.05, 3.63) is 0 Å². The fourth-order valence-electron chi connectivity index (χ4n) is 3.52. The number of carbonyl (C=O) groups is 1. The Morgan fingerprint density at radius 2 is 1.95 bits per heavy atom. The number of carbonyl (C=O) groups excluding carboxylic acids is 1. The summed E-state index contributed by atoms with van der Waals surface area (Å²) in [7, 11) is 4.12. The van der Waals surface area contributed by atoms with Crippen LogP contribution in [0.5, 0.6) is 0 Å². The summed E-state index contributed by atoms with van der Waals surface area (Å²) in [5.41, 5.74) is 0. The summed E-state index contributed by atoms with van der Waals surface area (Å²) in [5, 5.41) is 3.28. The van der Waals surface area contributed by atoms with Crippen molar-refractivity contribution < 1.29 is 9.53 Å². The molecule has 0 aromatic heterocycles. The smallest absolute Gasteiger partial charge is 0.237 e. The zero-order valence-corrected chi connectivity index (χ0v) is 14.5. The third-order valence-electron chi connectivity index (χ3n) is 4.87. The molecular formula is C17H33N3O2. The molecule has 1 saturated heterocycles. The number of morpholine rings is 1. The van der Waals surface area contributed by atoms with Gasteiger partial charge in [0.25, 0.3) is 0 Å².